The number of hydrogen-bond donors (Lipinski definition) is 1. The van der Waals surface area contributed by atoms with Gasteiger partial charge in [0.25, 0.3) is 0 Å². The van der Waals surface area contributed by atoms with Crippen LogP contribution in [-0.4, -0.2) is 4.92 Å². The first-order valence-corrected chi connectivity index (χ1v) is 3.70. The lowest BCUT2D eigenvalue weighted by Crippen LogP contribution is -1.83. The molecule has 1 aromatic rings. The van der Waals surface area contributed by atoms with Crippen LogP contribution in [0.5, 0.6) is 0 Å². The van der Waals surface area contributed by atoms with E-state index in [9.17, 15) is 10.1 Å². The van der Waals surface area contributed by atoms with Gasteiger partial charge in [-0.2, -0.15) is 0 Å². The van der Waals surface area contributed by atoms with Gasteiger partial charge in [-0.05, 0) is 30.2 Å². The summed E-state index contributed by atoms with van der Waals surface area (Å²) in [7, 11) is 0. The van der Waals surface area contributed by atoms with Crippen LogP contribution in [0.1, 0.15) is 5.56 Å². The van der Waals surface area contributed by atoms with Gasteiger partial charge in [0.2, 0.25) is 0 Å². The van der Waals surface area contributed by atoms with Crippen LogP contribution >= 0.6 is 0 Å². The summed E-state index contributed by atoms with van der Waals surface area (Å²) in [6.07, 6.45) is 0. The molecule has 0 heterocycles. The van der Waals surface area contributed by atoms with Gasteiger partial charge in [0, 0.05) is 11.3 Å². The first-order valence-electron chi connectivity index (χ1n) is 3.70. The van der Waals surface area contributed by atoms with Crippen LogP contribution in [0, 0.1) is 33.9 Å². The largest absolute Gasteiger partial charge is 0.399 e. The van der Waals surface area contributed by atoms with E-state index in [-0.39, 0.29) is 0 Å². The Labute approximate surface area is 80.9 Å². The fourth-order valence-corrected chi connectivity index (χ4v) is 0.743. The zero-order valence-electron chi connectivity index (χ0n) is 7.15. The molecule has 1 aromatic carbocycles. The van der Waals surface area contributed by atoms with Gasteiger partial charge in [0.15, 0.2) is 0 Å². The van der Waals surface area contributed by atoms with Gasteiger partial charge in [-0.15, -0.1) is 0 Å². The molecule has 0 unspecified atom stereocenters. The monoisotopic (exact) mass is 186 g/mol. The summed E-state index contributed by atoms with van der Waals surface area (Å²) in [6, 6.07) is 8.54. The maximum absolute atomic E-state index is 9.80. The van der Waals surface area contributed by atoms with E-state index in [2.05, 4.69) is 17.8 Å². The van der Waals surface area contributed by atoms with Crippen molar-refractivity contribution in [2.45, 2.75) is 0 Å². The molecule has 0 saturated carbocycles. The highest BCUT2D eigenvalue weighted by Gasteiger charge is 1.85. The Hall–Kier alpha value is -2.46. The third-order valence-electron chi connectivity index (χ3n) is 1.33. The SMILES string of the molecule is Nc1ccc(C#CC#C[N+](=O)[O-])cc1. The van der Waals surface area contributed by atoms with E-state index in [1.54, 1.807) is 30.3 Å². The topological polar surface area (TPSA) is 69.2 Å². The second-order valence-electron chi connectivity index (χ2n) is 2.37. The lowest BCUT2D eigenvalue weighted by molar-refractivity contribution is -0.379. The van der Waals surface area contributed by atoms with Crippen molar-refractivity contribution in [1.82, 2.24) is 0 Å². The highest BCUT2D eigenvalue weighted by Crippen LogP contribution is 2.03. The molecule has 4 heteroatoms. The molecule has 0 aromatic heterocycles. The second-order valence-corrected chi connectivity index (χ2v) is 2.37. The van der Waals surface area contributed by atoms with E-state index in [1.165, 1.54) is 0 Å². The first kappa shape index (κ1) is 9.63. The number of nitrogens with two attached hydrogens (primary N) is 1. The number of rotatable bonds is 0. The highest BCUT2D eigenvalue weighted by molar-refractivity contribution is 5.46. The summed E-state index contributed by atoms with van der Waals surface area (Å²) in [5.41, 5.74) is 6.82. The van der Waals surface area contributed by atoms with Crippen molar-refractivity contribution in [3.8, 4) is 23.8 Å². The molecule has 0 aliphatic heterocycles. The average Bonchev–Trinajstić information content (AvgIpc) is 2.15. The predicted molar refractivity (Wildman–Crippen MR) is 52.5 cm³/mol. The van der Waals surface area contributed by atoms with Crippen LogP contribution < -0.4 is 5.73 Å². The van der Waals surface area contributed by atoms with E-state index in [0.717, 1.165) is 5.56 Å². The van der Waals surface area contributed by atoms with Crippen LogP contribution in [0.15, 0.2) is 24.3 Å². The Morgan fingerprint density at radius 1 is 1.21 bits per heavy atom. The standard InChI is InChI=1S/C10H6N2O2/c11-10-6-4-9(5-7-10)3-1-2-8-12(13)14/h4-7H,11H2. The molecule has 1 rings (SSSR count). The van der Waals surface area contributed by atoms with Gasteiger partial charge in [0.1, 0.15) is 4.92 Å². The van der Waals surface area contributed by atoms with Gasteiger partial charge >= 0.3 is 6.04 Å². The Morgan fingerprint density at radius 3 is 2.43 bits per heavy atom. The predicted octanol–water partition coefficient (Wildman–Crippen LogP) is 0.858. The van der Waals surface area contributed by atoms with Crippen molar-refractivity contribution in [3.63, 3.8) is 0 Å². The summed E-state index contributed by atoms with van der Waals surface area (Å²) in [4.78, 5) is 9.06. The summed E-state index contributed by atoms with van der Waals surface area (Å²) in [5, 5.41) is 9.80. The van der Waals surface area contributed by atoms with Crippen LogP contribution in [0.3, 0.4) is 0 Å². The van der Waals surface area contributed by atoms with E-state index < -0.39 is 4.92 Å². The number of nitrogens with zero attached hydrogens (tertiary/aromatic N) is 1. The molecule has 0 fully saturated rings. The fourth-order valence-electron chi connectivity index (χ4n) is 0.743. The van der Waals surface area contributed by atoms with Crippen molar-refractivity contribution in [2.24, 2.45) is 0 Å². The zero-order chi connectivity index (χ0) is 10.4. The maximum Gasteiger partial charge on any atom is 0.304 e. The molecule has 0 aliphatic carbocycles. The summed E-state index contributed by atoms with van der Waals surface area (Å²) >= 11 is 0. The van der Waals surface area contributed by atoms with Crippen molar-refractivity contribution in [2.75, 3.05) is 5.73 Å². The highest BCUT2D eigenvalue weighted by atomic mass is 16.6. The Morgan fingerprint density at radius 2 is 1.86 bits per heavy atom. The summed E-state index contributed by atoms with van der Waals surface area (Å²) in [6.45, 7) is 0. The number of anilines is 1. The quantitative estimate of drug-likeness (QED) is 0.215. The number of hydrogen-bond acceptors (Lipinski definition) is 3. The second kappa shape index (κ2) is 4.54. The Balaban J connectivity index is 2.75. The summed E-state index contributed by atoms with van der Waals surface area (Å²) < 4.78 is 0. The van der Waals surface area contributed by atoms with E-state index in [0.29, 0.717) is 5.69 Å². The molecule has 0 saturated heterocycles. The molecule has 0 aliphatic rings. The molecule has 2 N–H and O–H groups in total. The molecule has 68 valence electrons. The van der Waals surface area contributed by atoms with Gasteiger partial charge < -0.3 is 5.73 Å². The fraction of sp³-hybridized carbons (Fsp3) is 0. The normalized spacial score (nSPS) is 7.71. The van der Waals surface area contributed by atoms with Crippen molar-refractivity contribution in [3.05, 3.63) is 39.9 Å². The molecule has 4 nitrogen and oxygen atoms in total. The van der Waals surface area contributed by atoms with Crippen LogP contribution in [0.2, 0.25) is 0 Å². The molecular weight excluding hydrogens is 180 g/mol. The van der Waals surface area contributed by atoms with E-state index in [4.69, 9.17) is 5.73 Å². The van der Waals surface area contributed by atoms with Crippen molar-refractivity contribution < 1.29 is 4.92 Å². The number of nitro groups is 1. The van der Waals surface area contributed by atoms with Crippen LogP contribution in [0.4, 0.5) is 5.69 Å². The van der Waals surface area contributed by atoms with Gasteiger partial charge in [-0.25, -0.2) is 10.1 Å². The van der Waals surface area contributed by atoms with Crippen molar-refractivity contribution in [1.29, 1.82) is 0 Å². The molecular formula is C10H6N2O2. The van der Waals surface area contributed by atoms with Crippen LogP contribution in [0.25, 0.3) is 0 Å². The van der Waals surface area contributed by atoms with Gasteiger partial charge in [-0.3, -0.25) is 0 Å². The van der Waals surface area contributed by atoms with Crippen LogP contribution in [-0.2, 0) is 0 Å². The van der Waals surface area contributed by atoms with Gasteiger partial charge in [0.05, 0.1) is 5.92 Å². The maximum atomic E-state index is 9.80. The number of benzene rings is 1. The smallest absolute Gasteiger partial charge is 0.304 e. The molecule has 0 bridgehead atoms. The van der Waals surface area contributed by atoms with Crippen molar-refractivity contribution >= 4 is 5.69 Å². The molecule has 0 spiro atoms. The first-order chi connectivity index (χ1) is 6.68. The third-order valence-corrected chi connectivity index (χ3v) is 1.33. The Bertz CT molecular complexity index is 455. The minimum atomic E-state index is -0.738. The minimum absolute atomic E-state index is 0.645. The van der Waals surface area contributed by atoms with Gasteiger partial charge in [-0.1, -0.05) is 5.92 Å². The molecule has 0 atom stereocenters. The average molecular weight is 186 g/mol. The summed E-state index contributed by atoms with van der Waals surface area (Å²) in [5.74, 6) is 7.11. The van der Waals surface area contributed by atoms with E-state index in [1.807, 2.05) is 0 Å². The Kier molecular flexibility index (Phi) is 3.12. The zero-order valence-corrected chi connectivity index (χ0v) is 7.15. The lowest BCUT2D eigenvalue weighted by Gasteiger charge is -1.90. The number of nitrogen functional groups attached to an aromatic ring is 1. The lowest BCUT2D eigenvalue weighted by atomic mass is 10.2. The minimum Gasteiger partial charge on any atom is -0.399 e. The molecule has 0 radical (unpaired) electrons. The molecule has 14 heavy (non-hydrogen) atoms. The molecule has 0 amide bonds. The van der Waals surface area contributed by atoms with E-state index >= 15 is 0 Å². The third kappa shape index (κ3) is 3.29.